The molecule has 0 aliphatic carbocycles. The summed E-state index contributed by atoms with van der Waals surface area (Å²) in [5, 5.41) is 13.1. The molecule has 3 heterocycles. The third-order valence-corrected chi connectivity index (χ3v) is 8.47. The summed E-state index contributed by atoms with van der Waals surface area (Å²) < 4.78 is 49.1. The lowest BCUT2D eigenvalue weighted by molar-refractivity contribution is -0.198. The molecule has 3 aromatic rings. The number of carbonyl (C=O) groups is 1. The van der Waals surface area contributed by atoms with Gasteiger partial charge < -0.3 is 25.8 Å². The van der Waals surface area contributed by atoms with E-state index < -0.39 is 24.3 Å². The van der Waals surface area contributed by atoms with Gasteiger partial charge in [0.25, 0.3) is 0 Å². The van der Waals surface area contributed by atoms with Crippen molar-refractivity contribution in [3.05, 3.63) is 63.6 Å². The number of hydrogen-bond acceptors (Lipinski definition) is 7. The van der Waals surface area contributed by atoms with Gasteiger partial charge >= 0.3 is 12.1 Å². The van der Waals surface area contributed by atoms with E-state index in [-0.39, 0.29) is 33.4 Å². The molecule has 41 heavy (non-hydrogen) atoms. The third-order valence-electron chi connectivity index (χ3n) is 7.83. The van der Waals surface area contributed by atoms with Crippen LogP contribution in [-0.4, -0.2) is 52.9 Å². The molecule has 4 N–H and O–H groups in total. The van der Waals surface area contributed by atoms with E-state index in [1.165, 1.54) is 24.3 Å². The minimum atomic E-state index is -4.81. The van der Waals surface area contributed by atoms with E-state index in [9.17, 15) is 23.1 Å². The molecular weight excluding hydrogens is 582 g/mol. The number of rotatable bonds is 6. The number of benzene rings is 2. The molecule has 2 aliphatic rings. The van der Waals surface area contributed by atoms with Gasteiger partial charge in [0, 0.05) is 41.3 Å². The number of carboxylic acids is 1. The highest BCUT2D eigenvalue weighted by atomic mass is 35.5. The molecule has 1 spiro atoms. The maximum absolute atomic E-state index is 14.5. The number of carboxylic acid groups (broad SMARTS) is 1. The van der Waals surface area contributed by atoms with Crippen LogP contribution in [0.1, 0.15) is 36.5 Å². The van der Waals surface area contributed by atoms with Gasteiger partial charge in [0.05, 0.1) is 0 Å². The number of halogens is 5. The van der Waals surface area contributed by atoms with E-state index in [1.54, 1.807) is 25.1 Å². The van der Waals surface area contributed by atoms with Crippen LogP contribution < -0.4 is 20.7 Å². The molecule has 13 heteroatoms. The molecule has 8 nitrogen and oxygen atoms in total. The summed E-state index contributed by atoms with van der Waals surface area (Å²) in [6.45, 7) is 3.45. The second kappa shape index (κ2) is 11.2. The van der Waals surface area contributed by atoms with Gasteiger partial charge in [0.15, 0.2) is 0 Å². The molecule has 1 aromatic heterocycles. The van der Waals surface area contributed by atoms with Crippen molar-refractivity contribution >= 4 is 40.9 Å². The molecule has 0 saturated carbocycles. The lowest BCUT2D eigenvalue weighted by Gasteiger charge is -2.39. The molecule has 5 rings (SSSR count). The summed E-state index contributed by atoms with van der Waals surface area (Å²) >= 11 is 12.5. The van der Waals surface area contributed by atoms with Gasteiger partial charge in [-0.15, -0.1) is 0 Å². The number of aryl methyl sites for hydroxylation is 1. The molecule has 2 saturated heterocycles. The van der Waals surface area contributed by atoms with E-state index in [0.29, 0.717) is 55.3 Å². The van der Waals surface area contributed by atoms with Crippen LogP contribution in [0.4, 0.5) is 24.9 Å². The Kier molecular flexibility index (Phi) is 7.97. The summed E-state index contributed by atoms with van der Waals surface area (Å²) in [5.74, 6) is -1.09. The van der Waals surface area contributed by atoms with Crippen molar-refractivity contribution in [2.24, 2.45) is 5.41 Å². The zero-order valence-corrected chi connectivity index (χ0v) is 23.5. The molecule has 2 aliphatic heterocycles. The summed E-state index contributed by atoms with van der Waals surface area (Å²) in [4.78, 5) is 21.5. The largest absolute Gasteiger partial charge is 0.480 e. The van der Waals surface area contributed by atoms with Crippen LogP contribution >= 0.6 is 23.2 Å². The lowest BCUT2D eigenvalue weighted by atomic mass is 9.76. The van der Waals surface area contributed by atoms with E-state index >= 15 is 0 Å². The maximum atomic E-state index is 14.5. The topological polar surface area (TPSA) is 114 Å². The van der Waals surface area contributed by atoms with E-state index in [2.05, 4.69) is 15.3 Å². The average Bonchev–Trinajstić information content (AvgIpc) is 3.32. The summed E-state index contributed by atoms with van der Waals surface area (Å²) in [6, 6.07) is 9.83. The number of nitrogens with one attached hydrogen (secondary N) is 1. The first-order valence-electron chi connectivity index (χ1n) is 13.0. The van der Waals surface area contributed by atoms with Crippen molar-refractivity contribution in [2.75, 3.05) is 30.3 Å². The monoisotopic (exact) mass is 609 g/mol. The standard InChI is InChI=1S/C28H28Cl2F3N5O3/c1-15-2-3-16(10-20(15)30)19-11-17(29)4-5-18(19)24(28(31,32)33)41-23-12-22(36-26(34)37-23)38-8-6-27(7-9-38)13-21(25(39)40)35-14-27/h2-5,10-12,21,24,35H,6-9,13-14H2,1H3,(H,39,40)(H2,34,36,37)/t21-,24+/m0/s1. The highest BCUT2D eigenvalue weighted by molar-refractivity contribution is 6.32. The fourth-order valence-corrected chi connectivity index (χ4v) is 5.88. The van der Waals surface area contributed by atoms with Crippen LogP contribution in [0.2, 0.25) is 10.0 Å². The number of hydrogen-bond donors (Lipinski definition) is 3. The Balaban J connectivity index is 1.42. The molecule has 218 valence electrons. The molecule has 0 bridgehead atoms. The van der Waals surface area contributed by atoms with Crippen LogP contribution in [0.25, 0.3) is 11.1 Å². The van der Waals surface area contributed by atoms with Crippen LogP contribution in [0.15, 0.2) is 42.5 Å². The van der Waals surface area contributed by atoms with Gasteiger partial charge in [-0.2, -0.15) is 23.1 Å². The van der Waals surface area contributed by atoms with Crippen LogP contribution in [-0.2, 0) is 4.79 Å². The van der Waals surface area contributed by atoms with E-state index in [0.717, 1.165) is 5.56 Å². The molecule has 2 aromatic carbocycles. The van der Waals surface area contributed by atoms with Gasteiger partial charge in [-0.3, -0.25) is 4.79 Å². The Labute approximate surface area is 244 Å². The first-order chi connectivity index (χ1) is 19.3. The minimum Gasteiger partial charge on any atom is -0.480 e. The van der Waals surface area contributed by atoms with Crippen molar-refractivity contribution < 1.29 is 27.8 Å². The van der Waals surface area contributed by atoms with Gasteiger partial charge in [0.1, 0.15) is 11.9 Å². The Morgan fingerprint density at radius 2 is 1.90 bits per heavy atom. The molecule has 0 amide bonds. The van der Waals surface area contributed by atoms with Gasteiger partial charge in [-0.05, 0) is 66.5 Å². The number of nitrogens with two attached hydrogens (primary N) is 1. The minimum absolute atomic E-state index is 0.150. The summed E-state index contributed by atoms with van der Waals surface area (Å²) in [5.41, 5.74) is 7.04. The number of aromatic nitrogens is 2. The number of ether oxygens (including phenoxy) is 1. The molecule has 0 radical (unpaired) electrons. The van der Waals surface area contributed by atoms with Crippen LogP contribution in [0, 0.1) is 12.3 Å². The predicted molar refractivity (Wildman–Crippen MR) is 150 cm³/mol. The average molecular weight is 610 g/mol. The Bertz CT molecular complexity index is 1460. The number of nitrogens with zero attached hydrogens (tertiary/aromatic N) is 3. The quantitative estimate of drug-likeness (QED) is 0.309. The second-order valence-corrected chi connectivity index (χ2v) is 11.5. The predicted octanol–water partition coefficient (Wildman–Crippen LogP) is 6.06. The second-order valence-electron chi connectivity index (χ2n) is 10.6. The van der Waals surface area contributed by atoms with Gasteiger partial charge in [-0.25, -0.2) is 0 Å². The SMILES string of the molecule is Cc1ccc(-c2cc(Cl)ccc2[C@@H](Oc2cc(N3CCC4(CC3)CN[C@H](C(=O)O)C4)nc(N)n2)C(F)(F)F)cc1Cl. The highest BCUT2D eigenvalue weighted by Gasteiger charge is 2.46. The number of piperidine rings is 1. The number of aliphatic carboxylic acids is 1. The van der Waals surface area contributed by atoms with E-state index in [1.807, 2.05) is 4.90 Å². The highest BCUT2D eigenvalue weighted by Crippen LogP contribution is 2.44. The normalized spacial score (nSPS) is 19.4. The molecule has 2 atom stereocenters. The smallest absolute Gasteiger partial charge is 0.429 e. The number of anilines is 2. The number of nitrogen functional groups attached to an aromatic ring is 1. The first kappa shape index (κ1) is 29.2. The molecule has 2 fully saturated rings. The fourth-order valence-electron chi connectivity index (χ4n) is 5.53. The summed E-state index contributed by atoms with van der Waals surface area (Å²) in [6.07, 6.45) is -5.28. The Morgan fingerprint density at radius 3 is 2.54 bits per heavy atom. The molecule has 0 unspecified atom stereocenters. The van der Waals surface area contributed by atoms with Crippen LogP contribution in [0.3, 0.4) is 0 Å². The zero-order chi connectivity index (χ0) is 29.5. The van der Waals surface area contributed by atoms with Crippen molar-refractivity contribution in [3.8, 4) is 17.0 Å². The van der Waals surface area contributed by atoms with Crippen LogP contribution in [0.5, 0.6) is 5.88 Å². The van der Waals surface area contributed by atoms with Crippen molar-refractivity contribution in [1.82, 2.24) is 15.3 Å². The summed E-state index contributed by atoms with van der Waals surface area (Å²) in [7, 11) is 0. The third kappa shape index (κ3) is 6.32. The van der Waals surface area contributed by atoms with Crippen molar-refractivity contribution in [2.45, 2.75) is 44.5 Å². The van der Waals surface area contributed by atoms with Gasteiger partial charge in [-0.1, -0.05) is 41.4 Å². The van der Waals surface area contributed by atoms with Gasteiger partial charge in [0.2, 0.25) is 17.9 Å². The Morgan fingerprint density at radius 1 is 1.17 bits per heavy atom. The Hall–Kier alpha value is -3.28. The fraction of sp³-hybridized carbons (Fsp3) is 0.393. The van der Waals surface area contributed by atoms with E-state index in [4.69, 9.17) is 33.7 Å². The van der Waals surface area contributed by atoms with Crippen molar-refractivity contribution in [3.63, 3.8) is 0 Å². The number of alkyl halides is 3. The first-order valence-corrected chi connectivity index (χ1v) is 13.7. The maximum Gasteiger partial charge on any atom is 0.429 e. The zero-order valence-electron chi connectivity index (χ0n) is 22.0. The van der Waals surface area contributed by atoms with Crippen molar-refractivity contribution in [1.29, 1.82) is 0 Å². The lowest BCUT2D eigenvalue weighted by Crippen LogP contribution is -2.41. The molecular formula is C28H28Cl2F3N5O3.